The first-order valence-electron chi connectivity index (χ1n) is 8.86. The molecule has 138 valence electrons. The molecule has 3 aromatic heterocycles. The van der Waals surface area contributed by atoms with Crippen molar-refractivity contribution >= 4 is 5.91 Å². The van der Waals surface area contributed by atoms with Crippen molar-refractivity contribution in [3.8, 4) is 11.6 Å². The van der Waals surface area contributed by atoms with Crippen molar-refractivity contribution in [2.24, 2.45) is 5.92 Å². The minimum Gasteiger partial charge on any atom is -0.337 e. The van der Waals surface area contributed by atoms with Crippen molar-refractivity contribution in [2.45, 2.75) is 26.2 Å². The van der Waals surface area contributed by atoms with Gasteiger partial charge in [0.05, 0.1) is 18.1 Å². The lowest BCUT2D eigenvalue weighted by atomic mass is 9.94. The average molecular weight is 365 g/mol. The average Bonchev–Trinajstić information content (AvgIpc) is 3.17. The van der Waals surface area contributed by atoms with Crippen molar-refractivity contribution < 1.29 is 9.32 Å². The van der Waals surface area contributed by atoms with Crippen LogP contribution in [0.1, 0.15) is 34.8 Å². The predicted molar refractivity (Wildman–Crippen MR) is 94.4 cm³/mol. The Hall–Kier alpha value is -3.23. The molecule has 3 aromatic rings. The molecule has 1 aliphatic rings. The van der Waals surface area contributed by atoms with E-state index in [0.29, 0.717) is 36.1 Å². The Morgan fingerprint density at radius 1 is 1.22 bits per heavy atom. The van der Waals surface area contributed by atoms with Gasteiger partial charge in [-0.15, -0.1) is 0 Å². The number of piperidine rings is 1. The van der Waals surface area contributed by atoms with Gasteiger partial charge in [0, 0.05) is 38.1 Å². The molecule has 4 heterocycles. The molecule has 9 heteroatoms. The second kappa shape index (κ2) is 7.56. The Morgan fingerprint density at radius 2 is 2.15 bits per heavy atom. The number of hydrogen-bond donors (Lipinski definition) is 0. The summed E-state index contributed by atoms with van der Waals surface area (Å²) in [5, 5.41) is 4.04. The molecule has 0 saturated carbocycles. The molecule has 0 aromatic carbocycles. The molecule has 0 radical (unpaired) electrons. The highest BCUT2D eigenvalue weighted by Gasteiger charge is 2.26. The lowest BCUT2D eigenvalue weighted by Gasteiger charge is -2.32. The van der Waals surface area contributed by atoms with Crippen LogP contribution in [0.4, 0.5) is 0 Å². The summed E-state index contributed by atoms with van der Waals surface area (Å²) < 4.78 is 5.28. The lowest BCUT2D eigenvalue weighted by molar-refractivity contribution is 0.0665. The first-order chi connectivity index (χ1) is 13.2. The van der Waals surface area contributed by atoms with Gasteiger partial charge in [-0.05, 0) is 25.7 Å². The maximum atomic E-state index is 12.7. The minimum absolute atomic E-state index is 0.0828. The fraction of sp³-hybridized carbons (Fsp3) is 0.389. The zero-order chi connectivity index (χ0) is 18.6. The summed E-state index contributed by atoms with van der Waals surface area (Å²) in [6.45, 7) is 3.21. The van der Waals surface area contributed by atoms with Crippen molar-refractivity contribution in [1.29, 1.82) is 0 Å². The van der Waals surface area contributed by atoms with Crippen LogP contribution in [0.3, 0.4) is 0 Å². The highest BCUT2D eigenvalue weighted by molar-refractivity contribution is 5.92. The first-order valence-corrected chi connectivity index (χ1v) is 8.86. The summed E-state index contributed by atoms with van der Waals surface area (Å²) >= 11 is 0. The van der Waals surface area contributed by atoms with Crippen LogP contribution in [0.15, 0.2) is 35.5 Å². The van der Waals surface area contributed by atoms with Crippen LogP contribution >= 0.6 is 0 Å². The molecule has 9 nitrogen and oxygen atoms in total. The van der Waals surface area contributed by atoms with Gasteiger partial charge >= 0.3 is 0 Å². The SMILES string of the molecule is Cc1cnc(C(=O)N2CCCC(Cc3noc(-c4cnccn4)n3)C2)cn1. The number of likely N-dealkylation sites (tertiary alicyclic amines) is 1. The molecule has 1 atom stereocenters. The summed E-state index contributed by atoms with van der Waals surface area (Å²) in [6, 6.07) is 0. The van der Waals surface area contributed by atoms with Crippen LogP contribution in [0.25, 0.3) is 11.6 Å². The standard InChI is InChI=1S/C18H19N7O2/c1-12-8-22-15(10-21-12)18(26)25-6-2-3-13(11-25)7-16-23-17(27-24-16)14-9-19-4-5-20-14/h4-5,8-10,13H,2-3,6-7,11H2,1H3. The number of rotatable bonds is 4. The summed E-state index contributed by atoms with van der Waals surface area (Å²) in [7, 11) is 0. The fourth-order valence-corrected chi connectivity index (χ4v) is 3.19. The molecule has 1 aliphatic heterocycles. The summed E-state index contributed by atoms with van der Waals surface area (Å²) in [6.07, 6.45) is 10.5. The third kappa shape index (κ3) is 3.97. The van der Waals surface area contributed by atoms with Crippen molar-refractivity contribution in [1.82, 2.24) is 35.0 Å². The molecule has 1 unspecified atom stereocenters. The smallest absolute Gasteiger partial charge is 0.278 e. The van der Waals surface area contributed by atoms with Gasteiger partial charge in [-0.2, -0.15) is 4.98 Å². The van der Waals surface area contributed by atoms with E-state index >= 15 is 0 Å². The molecule has 1 amide bonds. The number of hydrogen-bond acceptors (Lipinski definition) is 8. The topological polar surface area (TPSA) is 111 Å². The van der Waals surface area contributed by atoms with Crippen LogP contribution in [0.5, 0.6) is 0 Å². The molecule has 27 heavy (non-hydrogen) atoms. The number of aryl methyl sites for hydroxylation is 1. The number of amides is 1. The van der Waals surface area contributed by atoms with E-state index in [1.54, 1.807) is 24.8 Å². The molecular weight excluding hydrogens is 346 g/mol. The van der Waals surface area contributed by atoms with Gasteiger partial charge < -0.3 is 9.42 Å². The van der Waals surface area contributed by atoms with E-state index in [1.165, 1.54) is 6.20 Å². The Balaban J connectivity index is 1.41. The number of nitrogens with zero attached hydrogens (tertiary/aromatic N) is 7. The largest absolute Gasteiger partial charge is 0.337 e. The Morgan fingerprint density at radius 3 is 2.93 bits per heavy atom. The van der Waals surface area contributed by atoms with E-state index < -0.39 is 0 Å². The zero-order valence-corrected chi connectivity index (χ0v) is 14.9. The van der Waals surface area contributed by atoms with E-state index in [0.717, 1.165) is 25.1 Å². The minimum atomic E-state index is -0.0828. The van der Waals surface area contributed by atoms with E-state index in [1.807, 2.05) is 11.8 Å². The highest BCUT2D eigenvalue weighted by atomic mass is 16.5. The second-order valence-electron chi connectivity index (χ2n) is 6.61. The van der Waals surface area contributed by atoms with Crippen LogP contribution in [0, 0.1) is 12.8 Å². The highest BCUT2D eigenvalue weighted by Crippen LogP contribution is 2.22. The molecule has 0 bridgehead atoms. The summed E-state index contributed by atoms with van der Waals surface area (Å²) in [5.74, 6) is 1.16. The molecule has 1 fully saturated rings. The lowest BCUT2D eigenvalue weighted by Crippen LogP contribution is -2.41. The van der Waals surface area contributed by atoms with Gasteiger partial charge in [-0.1, -0.05) is 5.16 Å². The van der Waals surface area contributed by atoms with Crippen molar-refractivity contribution in [2.75, 3.05) is 13.1 Å². The number of carbonyl (C=O) groups excluding carboxylic acids is 1. The third-order valence-corrected chi connectivity index (χ3v) is 4.53. The van der Waals surface area contributed by atoms with Crippen LogP contribution in [-0.2, 0) is 6.42 Å². The van der Waals surface area contributed by atoms with E-state index in [-0.39, 0.29) is 11.8 Å². The van der Waals surface area contributed by atoms with Crippen molar-refractivity contribution in [3.63, 3.8) is 0 Å². The van der Waals surface area contributed by atoms with Gasteiger partial charge in [0.15, 0.2) is 5.82 Å². The van der Waals surface area contributed by atoms with Crippen LogP contribution < -0.4 is 0 Å². The first kappa shape index (κ1) is 17.2. The third-order valence-electron chi connectivity index (χ3n) is 4.53. The van der Waals surface area contributed by atoms with E-state index in [9.17, 15) is 4.79 Å². The predicted octanol–water partition coefficient (Wildman–Crippen LogP) is 1.72. The van der Waals surface area contributed by atoms with Crippen LogP contribution in [0.2, 0.25) is 0 Å². The normalized spacial score (nSPS) is 17.1. The van der Waals surface area contributed by atoms with Gasteiger partial charge in [-0.25, -0.2) is 9.97 Å². The maximum absolute atomic E-state index is 12.7. The molecule has 1 saturated heterocycles. The molecule has 0 spiro atoms. The number of aromatic nitrogens is 6. The zero-order valence-electron chi connectivity index (χ0n) is 14.9. The molecule has 0 aliphatic carbocycles. The quantitative estimate of drug-likeness (QED) is 0.687. The molecule has 4 rings (SSSR count). The number of carbonyl (C=O) groups is 1. The summed E-state index contributed by atoms with van der Waals surface area (Å²) in [5.41, 5.74) is 1.72. The Bertz CT molecular complexity index is 911. The van der Waals surface area contributed by atoms with Crippen LogP contribution in [-0.4, -0.2) is 54.0 Å². The van der Waals surface area contributed by atoms with Crippen molar-refractivity contribution in [3.05, 3.63) is 48.2 Å². The second-order valence-corrected chi connectivity index (χ2v) is 6.61. The van der Waals surface area contributed by atoms with Gasteiger partial charge in [0.25, 0.3) is 11.8 Å². The molecule has 0 N–H and O–H groups in total. The van der Waals surface area contributed by atoms with E-state index in [2.05, 4.69) is 30.1 Å². The fourth-order valence-electron chi connectivity index (χ4n) is 3.19. The molecular formula is C18H19N7O2. The van der Waals surface area contributed by atoms with Gasteiger partial charge in [0.2, 0.25) is 0 Å². The summed E-state index contributed by atoms with van der Waals surface area (Å²) in [4.78, 5) is 35.4. The Labute approximate surface area is 155 Å². The maximum Gasteiger partial charge on any atom is 0.278 e. The van der Waals surface area contributed by atoms with Gasteiger partial charge in [-0.3, -0.25) is 14.8 Å². The van der Waals surface area contributed by atoms with Gasteiger partial charge in [0.1, 0.15) is 11.4 Å². The Kier molecular flexibility index (Phi) is 4.82. The monoisotopic (exact) mass is 365 g/mol. The van der Waals surface area contributed by atoms with E-state index in [4.69, 9.17) is 4.52 Å².